The normalized spacial score (nSPS) is 21.0. The molecule has 2 aromatic rings. The summed E-state index contributed by atoms with van der Waals surface area (Å²) in [6.07, 6.45) is 5.99. The van der Waals surface area contributed by atoms with E-state index in [1.165, 1.54) is 22.0 Å². The monoisotopic (exact) mass is 342 g/mol. The lowest BCUT2D eigenvalue weighted by atomic mass is 10.1. The highest BCUT2D eigenvalue weighted by Crippen LogP contribution is 2.25. The zero-order chi connectivity index (χ0) is 17.6. The molecule has 2 atom stereocenters. The van der Waals surface area contributed by atoms with Gasteiger partial charge in [0.1, 0.15) is 0 Å². The van der Waals surface area contributed by atoms with Crippen molar-refractivity contribution < 1.29 is 5.11 Å². The fourth-order valence-corrected chi connectivity index (χ4v) is 3.60. The zero-order valence-electron chi connectivity index (χ0n) is 15.3. The maximum atomic E-state index is 9.94. The van der Waals surface area contributed by atoms with E-state index in [1.54, 1.807) is 0 Å². The topological polar surface area (TPSA) is 72.4 Å². The molecule has 1 aromatic heterocycles. The van der Waals surface area contributed by atoms with Gasteiger partial charge in [-0.05, 0) is 50.3 Å². The summed E-state index contributed by atoms with van der Waals surface area (Å²) in [7, 11) is 0. The molecule has 1 aliphatic rings. The van der Waals surface area contributed by atoms with E-state index in [0.29, 0.717) is 12.5 Å². The second-order valence-corrected chi connectivity index (χ2v) is 7.02. The van der Waals surface area contributed by atoms with Gasteiger partial charge in [0.05, 0.1) is 6.10 Å². The van der Waals surface area contributed by atoms with E-state index < -0.39 is 0 Å². The van der Waals surface area contributed by atoms with Gasteiger partial charge in [0.25, 0.3) is 0 Å². The minimum atomic E-state index is -0.179. The molecule has 1 aromatic carbocycles. The SMILES string of the molecule is CCNC(=NCC1CCCC1O)NCCc1c[nH]c2cc(C)ccc12. The number of aromatic nitrogens is 1. The van der Waals surface area contributed by atoms with E-state index in [2.05, 4.69) is 58.9 Å². The predicted molar refractivity (Wildman–Crippen MR) is 104 cm³/mol. The lowest BCUT2D eigenvalue weighted by Gasteiger charge is -2.15. The summed E-state index contributed by atoms with van der Waals surface area (Å²) in [5.41, 5.74) is 3.80. The maximum absolute atomic E-state index is 9.94. The van der Waals surface area contributed by atoms with Crippen LogP contribution in [0.3, 0.4) is 0 Å². The Labute approximate surface area is 149 Å². The fraction of sp³-hybridized carbons (Fsp3) is 0.550. The van der Waals surface area contributed by atoms with Gasteiger partial charge in [-0.2, -0.15) is 0 Å². The Kier molecular flexibility index (Phi) is 5.97. The van der Waals surface area contributed by atoms with E-state index >= 15 is 0 Å². The van der Waals surface area contributed by atoms with Crippen molar-refractivity contribution in [3.8, 4) is 0 Å². The van der Waals surface area contributed by atoms with Crippen molar-refractivity contribution in [1.29, 1.82) is 0 Å². The minimum absolute atomic E-state index is 0.179. The molecule has 0 aliphatic heterocycles. The molecular weight excluding hydrogens is 312 g/mol. The number of nitrogens with zero attached hydrogens (tertiary/aromatic N) is 1. The lowest BCUT2D eigenvalue weighted by molar-refractivity contribution is 0.136. The summed E-state index contributed by atoms with van der Waals surface area (Å²) in [6.45, 7) is 6.56. The van der Waals surface area contributed by atoms with Crippen molar-refractivity contribution in [3.63, 3.8) is 0 Å². The average Bonchev–Trinajstić information content (AvgIpc) is 3.18. The third-order valence-corrected chi connectivity index (χ3v) is 5.06. The molecule has 0 spiro atoms. The van der Waals surface area contributed by atoms with E-state index in [4.69, 9.17) is 0 Å². The van der Waals surface area contributed by atoms with Crippen molar-refractivity contribution >= 4 is 16.9 Å². The van der Waals surface area contributed by atoms with Crippen LogP contribution in [0.25, 0.3) is 10.9 Å². The van der Waals surface area contributed by atoms with Gasteiger partial charge < -0.3 is 20.7 Å². The second-order valence-electron chi connectivity index (χ2n) is 7.02. The van der Waals surface area contributed by atoms with Gasteiger partial charge >= 0.3 is 0 Å². The van der Waals surface area contributed by atoms with Crippen LogP contribution in [0.1, 0.15) is 37.3 Å². The van der Waals surface area contributed by atoms with Crippen molar-refractivity contribution in [1.82, 2.24) is 15.6 Å². The lowest BCUT2D eigenvalue weighted by Crippen LogP contribution is -2.38. The summed E-state index contributed by atoms with van der Waals surface area (Å²) in [5.74, 6) is 1.16. The molecule has 0 bridgehead atoms. The highest BCUT2D eigenvalue weighted by Gasteiger charge is 2.24. The number of aliphatic imine (C=N–C) groups is 1. The number of fused-ring (bicyclic) bond motifs is 1. The number of hydrogen-bond donors (Lipinski definition) is 4. The van der Waals surface area contributed by atoms with Gasteiger partial charge in [-0.15, -0.1) is 0 Å². The van der Waals surface area contributed by atoms with Gasteiger partial charge in [0.2, 0.25) is 0 Å². The van der Waals surface area contributed by atoms with E-state index in [9.17, 15) is 5.11 Å². The third kappa shape index (κ3) is 4.54. The van der Waals surface area contributed by atoms with Crippen LogP contribution in [0.2, 0.25) is 0 Å². The van der Waals surface area contributed by atoms with Crippen LogP contribution in [0.15, 0.2) is 29.4 Å². The Morgan fingerprint density at radius 2 is 2.20 bits per heavy atom. The number of rotatable bonds is 6. The average molecular weight is 342 g/mol. The molecule has 1 fully saturated rings. The second kappa shape index (κ2) is 8.39. The molecule has 136 valence electrons. The van der Waals surface area contributed by atoms with Gasteiger partial charge in [-0.25, -0.2) is 0 Å². The summed E-state index contributed by atoms with van der Waals surface area (Å²) in [6, 6.07) is 6.54. The third-order valence-electron chi connectivity index (χ3n) is 5.06. The van der Waals surface area contributed by atoms with Gasteiger partial charge in [0, 0.05) is 42.7 Å². The molecular formula is C20H30N4O. The Bertz CT molecular complexity index is 722. The largest absolute Gasteiger partial charge is 0.393 e. The molecule has 2 unspecified atom stereocenters. The van der Waals surface area contributed by atoms with Crippen LogP contribution in [0.5, 0.6) is 0 Å². The number of aliphatic hydroxyl groups is 1. The standard InChI is InChI=1S/C20H30N4O/c1-3-21-20(24-13-16-5-4-6-19(16)25)22-10-9-15-12-23-18-11-14(2)7-8-17(15)18/h7-8,11-12,16,19,23,25H,3-6,9-10,13H2,1-2H3,(H2,21,22,24). The molecule has 1 heterocycles. The molecule has 5 heteroatoms. The van der Waals surface area contributed by atoms with Crippen LogP contribution in [0.4, 0.5) is 0 Å². The van der Waals surface area contributed by atoms with Crippen LogP contribution in [0, 0.1) is 12.8 Å². The summed E-state index contributed by atoms with van der Waals surface area (Å²) in [4.78, 5) is 8.02. The van der Waals surface area contributed by atoms with Crippen LogP contribution in [-0.4, -0.2) is 41.8 Å². The van der Waals surface area contributed by atoms with Crippen molar-refractivity contribution in [3.05, 3.63) is 35.5 Å². The first-order valence-corrected chi connectivity index (χ1v) is 9.44. The van der Waals surface area contributed by atoms with Gasteiger partial charge in [0.15, 0.2) is 5.96 Å². The first kappa shape index (κ1) is 17.8. The number of aromatic amines is 1. The Morgan fingerprint density at radius 1 is 1.32 bits per heavy atom. The van der Waals surface area contributed by atoms with Crippen molar-refractivity contribution in [2.75, 3.05) is 19.6 Å². The molecule has 3 rings (SSSR count). The van der Waals surface area contributed by atoms with E-state index in [-0.39, 0.29) is 6.10 Å². The zero-order valence-corrected chi connectivity index (χ0v) is 15.3. The van der Waals surface area contributed by atoms with Gasteiger partial charge in [-0.3, -0.25) is 4.99 Å². The molecule has 5 nitrogen and oxygen atoms in total. The number of aryl methyl sites for hydroxylation is 1. The maximum Gasteiger partial charge on any atom is 0.191 e. The van der Waals surface area contributed by atoms with Crippen molar-refractivity contribution in [2.24, 2.45) is 10.9 Å². The number of guanidine groups is 1. The first-order valence-electron chi connectivity index (χ1n) is 9.44. The first-order chi connectivity index (χ1) is 12.2. The molecule has 0 saturated heterocycles. The summed E-state index contributed by atoms with van der Waals surface area (Å²) >= 11 is 0. The summed E-state index contributed by atoms with van der Waals surface area (Å²) < 4.78 is 0. The number of benzene rings is 1. The molecule has 25 heavy (non-hydrogen) atoms. The fourth-order valence-electron chi connectivity index (χ4n) is 3.60. The molecule has 1 saturated carbocycles. The van der Waals surface area contributed by atoms with Crippen LogP contribution >= 0.6 is 0 Å². The highest BCUT2D eigenvalue weighted by molar-refractivity contribution is 5.84. The Hall–Kier alpha value is -2.01. The quantitative estimate of drug-likeness (QED) is 0.482. The predicted octanol–water partition coefficient (Wildman–Crippen LogP) is 2.73. The molecule has 1 aliphatic carbocycles. The molecule has 0 amide bonds. The number of H-pyrrole nitrogens is 1. The summed E-state index contributed by atoms with van der Waals surface area (Å²) in [5, 5.41) is 17.9. The van der Waals surface area contributed by atoms with Crippen LogP contribution in [-0.2, 0) is 6.42 Å². The molecule has 0 radical (unpaired) electrons. The molecule has 4 N–H and O–H groups in total. The van der Waals surface area contributed by atoms with E-state index in [1.807, 2.05) is 0 Å². The minimum Gasteiger partial charge on any atom is -0.393 e. The number of hydrogen-bond acceptors (Lipinski definition) is 2. The Morgan fingerprint density at radius 3 is 2.96 bits per heavy atom. The number of nitrogens with one attached hydrogen (secondary N) is 3. The van der Waals surface area contributed by atoms with Gasteiger partial charge in [-0.1, -0.05) is 18.6 Å². The van der Waals surface area contributed by atoms with Crippen molar-refractivity contribution in [2.45, 2.75) is 45.6 Å². The van der Waals surface area contributed by atoms with Crippen LogP contribution < -0.4 is 10.6 Å². The Balaban J connectivity index is 1.55. The smallest absolute Gasteiger partial charge is 0.191 e. The number of aliphatic hydroxyl groups excluding tert-OH is 1. The van der Waals surface area contributed by atoms with E-state index in [0.717, 1.165) is 44.7 Å². The highest BCUT2D eigenvalue weighted by atomic mass is 16.3.